The number of aliphatic hydroxyl groups is 2. The molecule has 0 aliphatic rings. The molecule has 0 heterocycles. The Morgan fingerprint density at radius 1 is 1.18 bits per heavy atom. The maximum absolute atomic E-state index is 11.2. The third kappa shape index (κ3) is 6.05. The van der Waals surface area contributed by atoms with E-state index in [0.29, 0.717) is 0 Å². The summed E-state index contributed by atoms with van der Waals surface area (Å²) in [7, 11) is 0. The summed E-state index contributed by atoms with van der Waals surface area (Å²) in [6.45, 7) is -1.49. The molecule has 0 atom stereocenters. The molecule has 0 bridgehead atoms. The van der Waals surface area contributed by atoms with E-state index in [4.69, 9.17) is 10.2 Å². The summed E-state index contributed by atoms with van der Waals surface area (Å²) in [6.07, 6.45) is -6.28. The lowest BCUT2D eigenvalue weighted by Crippen LogP contribution is -2.26. The first-order valence-electron chi connectivity index (χ1n) is 2.62. The Morgan fingerprint density at radius 2 is 1.64 bits per heavy atom. The minimum atomic E-state index is -4.91. The van der Waals surface area contributed by atoms with Gasteiger partial charge in [0.05, 0.1) is 13.2 Å². The molecule has 0 saturated heterocycles. The van der Waals surface area contributed by atoms with Crippen LogP contribution in [0.2, 0.25) is 0 Å². The first-order chi connectivity index (χ1) is 4.99. The maximum atomic E-state index is 11.2. The largest absolute Gasteiger partial charge is 0.549 e. The van der Waals surface area contributed by atoms with Crippen molar-refractivity contribution in [2.24, 2.45) is 0 Å². The Bertz CT molecular complexity index is 100. The minimum absolute atomic E-state index is 0.743. The van der Waals surface area contributed by atoms with Crippen molar-refractivity contribution in [1.29, 1.82) is 0 Å². The Kier molecular flexibility index (Phi) is 4.34. The molecule has 0 spiro atoms. The van der Waals surface area contributed by atoms with Crippen molar-refractivity contribution in [3.8, 4) is 0 Å². The molecule has 0 aliphatic heterocycles. The topological polar surface area (TPSA) is 58.9 Å². The predicted octanol–water partition coefficient (Wildman–Crippen LogP) is -0.192. The van der Waals surface area contributed by atoms with Gasteiger partial charge in [-0.25, -0.2) is 4.89 Å². The molecule has 0 radical (unpaired) electrons. The van der Waals surface area contributed by atoms with Gasteiger partial charge >= 0.3 is 6.36 Å². The van der Waals surface area contributed by atoms with Crippen molar-refractivity contribution in [1.82, 2.24) is 0 Å². The number of alkyl halides is 3. The zero-order valence-electron chi connectivity index (χ0n) is 5.34. The SMILES string of the molecule is OCC(CO)OOC(F)(F)F. The summed E-state index contributed by atoms with van der Waals surface area (Å²) in [5.41, 5.74) is 0. The van der Waals surface area contributed by atoms with Crippen LogP contribution in [-0.2, 0) is 9.78 Å². The monoisotopic (exact) mass is 176 g/mol. The average Bonchev–Trinajstić information content (AvgIpc) is 1.88. The summed E-state index contributed by atoms with van der Waals surface area (Å²) in [4.78, 5) is 6.43. The van der Waals surface area contributed by atoms with Crippen molar-refractivity contribution in [2.45, 2.75) is 12.5 Å². The summed E-state index contributed by atoms with van der Waals surface area (Å²) < 4.78 is 33.5. The van der Waals surface area contributed by atoms with E-state index in [0.717, 1.165) is 0 Å². The molecule has 0 unspecified atom stereocenters. The molecule has 0 aromatic heterocycles. The van der Waals surface area contributed by atoms with Crippen molar-refractivity contribution in [2.75, 3.05) is 13.2 Å². The molecule has 0 aliphatic carbocycles. The van der Waals surface area contributed by atoms with Gasteiger partial charge in [0.25, 0.3) is 0 Å². The lowest BCUT2D eigenvalue weighted by Gasteiger charge is -2.11. The second kappa shape index (κ2) is 4.50. The van der Waals surface area contributed by atoms with E-state index >= 15 is 0 Å². The van der Waals surface area contributed by atoms with Crippen molar-refractivity contribution in [3.63, 3.8) is 0 Å². The third-order valence-electron chi connectivity index (χ3n) is 0.686. The fourth-order valence-corrected chi connectivity index (χ4v) is 0.241. The Labute approximate surface area is 60.1 Å². The van der Waals surface area contributed by atoms with Crippen LogP contribution in [0.1, 0.15) is 0 Å². The molecule has 0 fully saturated rings. The first-order valence-corrected chi connectivity index (χ1v) is 2.62. The summed E-state index contributed by atoms with van der Waals surface area (Å²) in [5, 5.41) is 16.4. The van der Waals surface area contributed by atoms with Crippen LogP contribution in [-0.4, -0.2) is 35.9 Å². The number of aliphatic hydroxyl groups excluding tert-OH is 2. The van der Waals surface area contributed by atoms with Gasteiger partial charge < -0.3 is 10.2 Å². The standard InChI is InChI=1S/C4H7F3O4/c5-4(6,7)11-10-3(1-8)2-9/h3,8-9H,1-2H2. The minimum Gasteiger partial charge on any atom is -0.393 e. The van der Waals surface area contributed by atoms with Gasteiger partial charge in [0, 0.05) is 0 Å². The van der Waals surface area contributed by atoms with E-state index in [-0.39, 0.29) is 0 Å². The summed E-state index contributed by atoms with van der Waals surface area (Å²) in [5.74, 6) is 0. The zero-order chi connectivity index (χ0) is 8.91. The van der Waals surface area contributed by atoms with Crippen LogP contribution in [0.25, 0.3) is 0 Å². The van der Waals surface area contributed by atoms with Gasteiger partial charge in [-0.1, -0.05) is 0 Å². The normalized spacial score (nSPS) is 12.5. The van der Waals surface area contributed by atoms with Gasteiger partial charge in [0.1, 0.15) is 6.10 Å². The molecule has 0 amide bonds. The van der Waals surface area contributed by atoms with Gasteiger partial charge in [-0.05, 0) is 0 Å². The zero-order valence-corrected chi connectivity index (χ0v) is 5.34. The fourth-order valence-electron chi connectivity index (χ4n) is 0.241. The van der Waals surface area contributed by atoms with Gasteiger partial charge in [0.2, 0.25) is 0 Å². The maximum Gasteiger partial charge on any atom is 0.549 e. The van der Waals surface area contributed by atoms with Gasteiger partial charge in [-0.3, -0.25) is 0 Å². The summed E-state index contributed by atoms with van der Waals surface area (Å²) >= 11 is 0. The number of hydrogen-bond acceptors (Lipinski definition) is 4. The van der Waals surface area contributed by atoms with Crippen LogP contribution in [0.5, 0.6) is 0 Å². The third-order valence-corrected chi connectivity index (χ3v) is 0.686. The van der Waals surface area contributed by atoms with E-state index in [1.807, 2.05) is 0 Å². The van der Waals surface area contributed by atoms with Crippen molar-refractivity contribution >= 4 is 0 Å². The first kappa shape index (κ1) is 10.6. The predicted molar refractivity (Wildman–Crippen MR) is 26.2 cm³/mol. The Hall–Kier alpha value is -0.370. The summed E-state index contributed by atoms with van der Waals surface area (Å²) in [6, 6.07) is 0. The molecule has 2 N–H and O–H groups in total. The number of hydrogen-bond donors (Lipinski definition) is 2. The number of rotatable bonds is 4. The Balaban J connectivity index is 3.51. The van der Waals surface area contributed by atoms with Crippen LogP contribution in [0.15, 0.2) is 0 Å². The molecule has 0 aromatic carbocycles. The smallest absolute Gasteiger partial charge is 0.393 e. The molecular formula is C4H7F3O4. The highest BCUT2D eigenvalue weighted by Crippen LogP contribution is 2.17. The van der Waals surface area contributed by atoms with Crippen LogP contribution < -0.4 is 0 Å². The van der Waals surface area contributed by atoms with Crippen LogP contribution in [0, 0.1) is 0 Å². The van der Waals surface area contributed by atoms with E-state index < -0.39 is 25.7 Å². The van der Waals surface area contributed by atoms with E-state index in [9.17, 15) is 13.2 Å². The fraction of sp³-hybridized carbons (Fsp3) is 1.00. The van der Waals surface area contributed by atoms with Crippen LogP contribution in [0.3, 0.4) is 0 Å². The van der Waals surface area contributed by atoms with Crippen LogP contribution >= 0.6 is 0 Å². The van der Waals surface area contributed by atoms with Gasteiger partial charge in [-0.2, -0.15) is 0 Å². The molecule has 7 heteroatoms. The van der Waals surface area contributed by atoms with Crippen molar-refractivity contribution in [3.05, 3.63) is 0 Å². The van der Waals surface area contributed by atoms with E-state index in [2.05, 4.69) is 9.78 Å². The van der Waals surface area contributed by atoms with Gasteiger partial charge in [-0.15, -0.1) is 18.1 Å². The second-order valence-corrected chi connectivity index (χ2v) is 1.61. The van der Waals surface area contributed by atoms with Gasteiger partial charge in [0.15, 0.2) is 0 Å². The lowest BCUT2D eigenvalue weighted by molar-refractivity contribution is -0.499. The second-order valence-electron chi connectivity index (χ2n) is 1.61. The average molecular weight is 176 g/mol. The molecular weight excluding hydrogens is 169 g/mol. The molecule has 4 nitrogen and oxygen atoms in total. The molecule has 0 saturated carbocycles. The van der Waals surface area contributed by atoms with E-state index in [1.54, 1.807) is 0 Å². The van der Waals surface area contributed by atoms with Crippen LogP contribution in [0.4, 0.5) is 13.2 Å². The molecule has 68 valence electrons. The molecule has 0 aromatic rings. The molecule has 0 rings (SSSR count). The molecule has 11 heavy (non-hydrogen) atoms. The van der Waals surface area contributed by atoms with E-state index in [1.165, 1.54) is 0 Å². The highest BCUT2D eigenvalue weighted by Gasteiger charge is 2.32. The quantitative estimate of drug-likeness (QED) is 0.460. The number of halogens is 3. The lowest BCUT2D eigenvalue weighted by atomic mass is 10.4. The van der Waals surface area contributed by atoms with Crippen molar-refractivity contribution < 1.29 is 33.2 Å². The highest BCUT2D eigenvalue weighted by molar-refractivity contribution is 4.47. The highest BCUT2D eigenvalue weighted by atomic mass is 19.4. The Morgan fingerprint density at radius 3 is 1.91 bits per heavy atom.